The molecular weight excluding hydrogens is 474 g/mol. The van der Waals surface area contributed by atoms with Gasteiger partial charge in [-0.15, -0.1) is 12.8 Å². The molecule has 3 heteroatoms. The van der Waals surface area contributed by atoms with Gasteiger partial charge in [-0.3, -0.25) is 0 Å². The number of halogens is 2. The summed E-state index contributed by atoms with van der Waals surface area (Å²) in [4.78, 5) is 0. The van der Waals surface area contributed by atoms with Crippen LogP contribution in [0, 0.1) is 12.2 Å². The van der Waals surface area contributed by atoms with Gasteiger partial charge in [0.05, 0.1) is 0 Å². The molecule has 0 N–H and O–H groups in total. The first-order chi connectivity index (χ1) is 12.6. The van der Waals surface area contributed by atoms with Crippen molar-refractivity contribution in [2.75, 3.05) is 0 Å². The molecule has 0 saturated carbocycles. The first-order valence-electron chi connectivity index (χ1n) is 11.3. The Morgan fingerprint density at radius 1 is 0.586 bits per heavy atom. The van der Waals surface area contributed by atoms with E-state index in [9.17, 15) is 0 Å². The third-order valence-electron chi connectivity index (χ3n) is 5.59. The quantitative estimate of drug-likeness (QED) is 0.392. The maximum absolute atomic E-state index is 3.57. The van der Waals surface area contributed by atoms with Gasteiger partial charge in [0.15, 0.2) is 0 Å². The number of rotatable bonds is 10. The van der Waals surface area contributed by atoms with Gasteiger partial charge in [-0.05, 0) is 0 Å². The van der Waals surface area contributed by atoms with Crippen LogP contribution in [0.3, 0.4) is 0 Å². The Labute approximate surface area is 214 Å². The third kappa shape index (κ3) is 12.1. The van der Waals surface area contributed by atoms with Crippen LogP contribution in [0.15, 0.2) is 33.4 Å². The standard InChI is InChI=1S/2C13H21.2ClH.Zr/c2*1-4-7-8-11-9-12(5-2)13(6-3)10-11;;;/h2*4-9H2,1-3H3;2*1H;/q2*-1;;;+4/p-2. The van der Waals surface area contributed by atoms with E-state index in [1.165, 1.54) is 88.2 Å². The monoisotopic (exact) mass is 514 g/mol. The maximum atomic E-state index is 3.57. The van der Waals surface area contributed by atoms with Gasteiger partial charge in [-0.1, -0.05) is 106 Å². The van der Waals surface area contributed by atoms with Gasteiger partial charge in [-0.2, -0.15) is 11.1 Å². The molecule has 0 atom stereocenters. The van der Waals surface area contributed by atoms with E-state index in [1.807, 2.05) is 0 Å². The fraction of sp³-hybridized carbons (Fsp3) is 0.692. The molecule has 0 saturated heterocycles. The van der Waals surface area contributed by atoms with E-state index in [0.717, 1.165) is 0 Å². The van der Waals surface area contributed by atoms with E-state index in [0.29, 0.717) is 0 Å². The Kier molecular flexibility index (Phi) is 23.9. The normalized spacial score (nSPS) is 15.0. The van der Waals surface area contributed by atoms with Crippen LogP contribution in [0.1, 0.15) is 119 Å². The predicted molar refractivity (Wildman–Crippen MR) is 117 cm³/mol. The van der Waals surface area contributed by atoms with Crippen LogP contribution >= 0.6 is 0 Å². The Bertz CT molecular complexity index is 503. The molecule has 2 rings (SSSR count). The van der Waals surface area contributed by atoms with E-state index in [2.05, 4.69) is 53.7 Å². The van der Waals surface area contributed by atoms with Crippen LogP contribution in [0.5, 0.6) is 0 Å². The van der Waals surface area contributed by atoms with E-state index < -0.39 is 0 Å². The zero-order valence-corrected chi connectivity index (χ0v) is 23.7. The Balaban J connectivity index is -0.000000422. The van der Waals surface area contributed by atoms with Gasteiger partial charge in [0.1, 0.15) is 0 Å². The first kappa shape index (κ1) is 34.0. The molecule has 0 nitrogen and oxygen atoms in total. The number of hydrogen-bond donors (Lipinski definition) is 0. The summed E-state index contributed by atoms with van der Waals surface area (Å²) in [5, 5.41) is 0. The molecule has 2 aliphatic carbocycles. The largest absolute Gasteiger partial charge is 4.00 e. The molecule has 164 valence electrons. The van der Waals surface area contributed by atoms with Gasteiger partial charge in [0.2, 0.25) is 0 Å². The molecule has 0 fully saturated rings. The minimum Gasteiger partial charge on any atom is -1.00 e. The van der Waals surface area contributed by atoms with Crippen LogP contribution in [0.2, 0.25) is 0 Å². The summed E-state index contributed by atoms with van der Waals surface area (Å²) in [7, 11) is 0. The van der Waals surface area contributed by atoms with Crippen LogP contribution in [0.25, 0.3) is 0 Å². The molecule has 2 aliphatic rings. The summed E-state index contributed by atoms with van der Waals surface area (Å²) in [6.07, 6.45) is 22.1. The van der Waals surface area contributed by atoms with Crippen molar-refractivity contribution in [3.8, 4) is 0 Å². The molecule has 0 radical (unpaired) electrons. The molecule has 29 heavy (non-hydrogen) atoms. The van der Waals surface area contributed by atoms with Gasteiger partial charge >= 0.3 is 26.2 Å². The molecule has 0 aromatic heterocycles. The Hall–Kier alpha value is 0.423. The second-order valence-corrected chi connectivity index (χ2v) is 7.60. The number of unbranched alkanes of at least 4 members (excludes halogenated alkanes) is 2. The molecule has 0 bridgehead atoms. The van der Waals surface area contributed by atoms with E-state index in [-0.39, 0.29) is 51.0 Å². The second-order valence-electron chi connectivity index (χ2n) is 7.60. The van der Waals surface area contributed by atoms with Crippen LogP contribution < -0.4 is 24.8 Å². The van der Waals surface area contributed by atoms with Crippen molar-refractivity contribution in [2.24, 2.45) is 0 Å². The average Bonchev–Trinajstić information content (AvgIpc) is 3.27. The summed E-state index contributed by atoms with van der Waals surface area (Å²) in [5.41, 5.74) is 9.36. The average molecular weight is 517 g/mol. The maximum Gasteiger partial charge on any atom is 4.00 e. The number of allylic oxidation sites excluding steroid dienone is 8. The van der Waals surface area contributed by atoms with E-state index in [4.69, 9.17) is 0 Å². The van der Waals surface area contributed by atoms with Crippen LogP contribution in [-0.2, 0) is 26.2 Å². The minimum atomic E-state index is 0. The van der Waals surface area contributed by atoms with Crippen LogP contribution in [0.4, 0.5) is 0 Å². The van der Waals surface area contributed by atoms with Crippen molar-refractivity contribution < 1.29 is 51.0 Å². The Morgan fingerprint density at radius 2 is 0.931 bits per heavy atom. The van der Waals surface area contributed by atoms with Gasteiger partial charge < -0.3 is 24.8 Å². The van der Waals surface area contributed by atoms with Gasteiger partial charge in [0.25, 0.3) is 0 Å². The fourth-order valence-corrected chi connectivity index (χ4v) is 3.86. The first-order valence-corrected chi connectivity index (χ1v) is 11.3. The molecule has 0 heterocycles. The zero-order chi connectivity index (χ0) is 19.4. The topological polar surface area (TPSA) is 0 Å². The molecule has 0 aromatic carbocycles. The fourth-order valence-electron chi connectivity index (χ4n) is 3.86. The van der Waals surface area contributed by atoms with Crippen molar-refractivity contribution in [3.05, 3.63) is 45.6 Å². The molecule has 0 amide bonds. The van der Waals surface area contributed by atoms with Crippen molar-refractivity contribution in [1.82, 2.24) is 0 Å². The predicted octanol–water partition coefficient (Wildman–Crippen LogP) is 2.86. The second kappa shape index (κ2) is 20.3. The van der Waals surface area contributed by atoms with Crippen molar-refractivity contribution in [2.45, 2.75) is 119 Å². The molecule has 0 aliphatic heterocycles. The molecular formula is C26H42Cl2Zr. The van der Waals surface area contributed by atoms with Crippen LogP contribution in [-0.4, -0.2) is 0 Å². The summed E-state index contributed by atoms with van der Waals surface area (Å²) in [6, 6.07) is 0. The van der Waals surface area contributed by atoms with E-state index in [1.54, 1.807) is 22.3 Å². The van der Waals surface area contributed by atoms with Gasteiger partial charge in [-0.25, -0.2) is 34.4 Å². The third-order valence-corrected chi connectivity index (χ3v) is 5.59. The Morgan fingerprint density at radius 3 is 1.14 bits per heavy atom. The molecule has 0 aromatic rings. The van der Waals surface area contributed by atoms with Gasteiger partial charge in [0, 0.05) is 0 Å². The van der Waals surface area contributed by atoms with Crippen molar-refractivity contribution in [1.29, 1.82) is 0 Å². The van der Waals surface area contributed by atoms with E-state index >= 15 is 0 Å². The van der Waals surface area contributed by atoms with Crippen molar-refractivity contribution >= 4 is 0 Å². The zero-order valence-electron chi connectivity index (χ0n) is 19.7. The summed E-state index contributed by atoms with van der Waals surface area (Å²) in [5.74, 6) is 0. The SMILES string of the molecule is CCCCC1=[C-]C(CC)=C(CC)C1.CCCCC1=[C-]C(CC)=C(CC)C1.[Cl-].[Cl-].[Zr+4]. The smallest absolute Gasteiger partial charge is 1.00 e. The summed E-state index contributed by atoms with van der Waals surface area (Å²) < 4.78 is 0. The van der Waals surface area contributed by atoms with Crippen molar-refractivity contribution in [3.63, 3.8) is 0 Å². The summed E-state index contributed by atoms with van der Waals surface area (Å²) >= 11 is 0. The number of hydrogen-bond acceptors (Lipinski definition) is 0. The molecule has 0 unspecified atom stereocenters. The minimum absolute atomic E-state index is 0. The molecule has 0 spiro atoms. The summed E-state index contributed by atoms with van der Waals surface area (Å²) in [6.45, 7) is 13.5.